The normalized spacial score (nSPS) is 12.7. The number of aryl methyl sites for hydroxylation is 1. The molecular formula is C11H12NOS2+. The number of rotatable bonds is 3. The minimum absolute atomic E-state index is 0.102. The van der Waals surface area contributed by atoms with E-state index in [9.17, 15) is 4.79 Å². The van der Waals surface area contributed by atoms with Crippen LogP contribution in [0.2, 0.25) is 0 Å². The maximum atomic E-state index is 12.1. The summed E-state index contributed by atoms with van der Waals surface area (Å²) in [6, 6.07) is 3.69. The van der Waals surface area contributed by atoms with Gasteiger partial charge in [-0.15, -0.1) is 11.3 Å². The average molecular weight is 238 g/mol. The largest absolute Gasteiger partial charge is 0.286 e. The molecule has 0 saturated heterocycles. The highest BCUT2D eigenvalue weighted by molar-refractivity contribution is 7.12. The molecule has 0 radical (unpaired) electrons. The number of Topliss-reactive ketones (excluding diaryl/α,β-unsaturated/α-hetero) is 1. The van der Waals surface area contributed by atoms with Crippen LogP contribution in [0.25, 0.3) is 0 Å². The first-order valence-electron chi connectivity index (χ1n) is 4.72. The van der Waals surface area contributed by atoms with Gasteiger partial charge in [-0.05, 0) is 11.4 Å². The molecule has 0 amide bonds. The Morgan fingerprint density at radius 2 is 2.33 bits per heavy atom. The molecule has 1 atom stereocenters. The van der Waals surface area contributed by atoms with Crippen molar-refractivity contribution in [3.8, 4) is 0 Å². The fraction of sp³-hybridized carbons (Fsp3) is 0.273. The molecule has 2 rings (SSSR count). The van der Waals surface area contributed by atoms with Crippen LogP contribution in [0.5, 0.6) is 0 Å². The van der Waals surface area contributed by atoms with Gasteiger partial charge < -0.3 is 0 Å². The molecule has 0 spiro atoms. The first-order valence-corrected chi connectivity index (χ1v) is 6.54. The van der Waals surface area contributed by atoms with Gasteiger partial charge in [0.1, 0.15) is 0 Å². The third-order valence-corrected chi connectivity index (χ3v) is 4.09. The zero-order valence-electron chi connectivity index (χ0n) is 8.64. The highest BCUT2D eigenvalue weighted by Crippen LogP contribution is 2.15. The molecule has 2 aromatic heterocycles. The van der Waals surface area contributed by atoms with Gasteiger partial charge in [0, 0.05) is 13.8 Å². The van der Waals surface area contributed by atoms with Crippen LogP contribution in [-0.4, -0.2) is 5.78 Å². The zero-order chi connectivity index (χ0) is 10.8. The predicted octanol–water partition coefficient (Wildman–Crippen LogP) is 2.85. The fourth-order valence-electron chi connectivity index (χ4n) is 1.49. The molecule has 0 N–H and O–H groups in total. The number of hydrogen-bond acceptors (Lipinski definition) is 3. The lowest BCUT2D eigenvalue weighted by Crippen LogP contribution is -2.42. The van der Waals surface area contributed by atoms with E-state index >= 15 is 0 Å². The first kappa shape index (κ1) is 10.5. The van der Waals surface area contributed by atoms with Crippen molar-refractivity contribution in [3.63, 3.8) is 0 Å². The van der Waals surface area contributed by atoms with Gasteiger partial charge in [-0.3, -0.25) is 4.79 Å². The molecule has 2 heterocycles. The molecule has 78 valence electrons. The van der Waals surface area contributed by atoms with Crippen LogP contribution >= 0.6 is 22.7 Å². The van der Waals surface area contributed by atoms with E-state index in [1.165, 1.54) is 11.3 Å². The Hall–Kier alpha value is -1.000. The summed E-state index contributed by atoms with van der Waals surface area (Å²) in [4.78, 5) is 12.9. The van der Waals surface area contributed by atoms with Crippen LogP contribution in [0, 0.1) is 6.92 Å². The zero-order valence-corrected chi connectivity index (χ0v) is 10.3. The van der Waals surface area contributed by atoms with Crippen molar-refractivity contribution in [1.29, 1.82) is 0 Å². The second-order valence-corrected chi connectivity index (χ2v) is 5.09. The quantitative estimate of drug-likeness (QED) is 0.595. The van der Waals surface area contributed by atoms with Crippen LogP contribution in [-0.2, 0) is 0 Å². The van der Waals surface area contributed by atoms with Crippen LogP contribution < -0.4 is 4.57 Å². The Kier molecular flexibility index (Phi) is 2.98. The Bertz CT molecular complexity index is 459. The molecule has 4 heteroatoms. The van der Waals surface area contributed by atoms with Gasteiger partial charge in [-0.1, -0.05) is 17.4 Å². The van der Waals surface area contributed by atoms with Crippen LogP contribution in [0.3, 0.4) is 0 Å². The Labute approximate surface area is 96.8 Å². The maximum absolute atomic E-state index is 12.1. The molecule has 0 aliphatic carbocycles. The van der Waals surface area contributed by atoms with E-state index in [1.54, 1.807) is 11.3 Å². The summed E-state index contributed by atoms with van der Waals surface area (Å²) in [6.07, 6.45) is 0. The van der Waals surface area contributed by atoms with Crippen LogP contribution in [0.15, 0.2) is 28.4 Å². The number of carbonyl (C=O) groups excluding carboxylic acids is 1. The summed E-state index contributed by atoms with van der Waals surface area (Å²) in [7, 11) is 0. The third-order valence-electron chi connectivity index (χ3n) is 2.38. The van der Waals surface area contributed by atoms with E-state index in [4.69, 9.17) is 0 Å². The molecule has 2 aromatic rings. The van der Waals surface area contributed by atoms with Gasteiger partial charge in [0.05, 0.1) is 10.3 Å². The number of carbonyl (C=O) groups is 1. The number of thiazole rings is 1. The molecule has 0 aliphatic heterocycles. The lowest BCUT2D eigenvalue weighted by Gasteiger charge is -2.03. The lowest BCUT2D eigenvalue weighted by molar-refractivity contribution is -0.705. The molecule has 2 nitrogen and oxygen atoms in total. The van der Waals surface area contributed by atoms with Gasteiger partial charge in [0.2, 0.25) is 17.3 Å². The summed E-state index contributed by atoms with van der Waals surface area (Å²) in [6.45, 7) is 3.97. The standard InChI is InChI=1S/C11H12NOS2/c1-8-6-14-7-12(8)9(2)11(13)10-4-3-5-15-10/h3-7,9H,1-2H3/q+1. The molecule has 0 fully saturated rings. The number of ketones is 1. The van der Waals surface area contributed by atoms with Crippen LogP contribution in [0.4, 0.5) is 0 Å². The molecule has 1 unspecified atom stereocenters. The topological polar surface area (TPSA) is 20.9 Å². The number of nitrogens with zero attached hydrogens (tertiary/aromatic N) is 1. The predicted molar refractivity (Wildman–Crippen MR) is 62.6 cm³/mol. The van der Waals surface area contributed by atoms with E-state index in [2.05, 4.69) is 5.38 Å². The smallest absolute Gasteiger partial charge is 0.240 e. The third kappa shape index (κ3) is 2.01. The van der Waals surface area contributed by atoms with Crippen molar-refractivity contribution in [2.24, 2.45) is 0 Å². The summed E-state index contributed by atoms with van der Waals surface area (Å²) >= 11 is 3.13. The molecule has 0 aliphatic rings. The maximum Gasteiger partial charge on any atom is 0.240 e. The Balaban J connectivity index is 2.26. The molecule has 0 aromatic carbocycles. The SMILES string of the molecule is Cc1csc[n+]1C(C)C(=O)c1cccs1. The minimum Gasteiger partial charge on any atom is -0.286 e. The lowest BCUT2D eigenvalue weighted by atomic mass is 10.2. The summed E-state index contributed by atoms with van der Waals surface area (Å²) in [5.41, 5.74) is 3.13. The van der Waals surface area contributed by atoms with Gasteiger partial charge in [-0.25, -0.2) is 0 Å². The second kappa shape index (κ2) is 4.24. The highest BCUT2D eigenvalue weighted by atomic mass is 32.1. The van der Waals surface area contributed by atoms with Crippen molar-refractivity contribution >= 4 is 28.5 Å². The highest BCUT2D eigenvalue weighted by Gasteiger charge is 2.26. The van der Waals surface area contributed by atoms with Gasteiger partial charge >= 0.3 is 0 Å². The monoisotopic (exact) mass is 238 g/mol. The Morgan fingerprint density at radius 1 is 1.53 bits per heavy atom. The van der Waals surface area contributed by atoms with Crippen molar-refractivity contribution in [2.45, 2.75) is 19.9 Å². The van der Waals surface area contributed by atoms with E-state index in [0.29, 0.717) is 0 Å². The molecule has 15 heavy (non-hydrogen) atoms. The fourth-order valence-corrected chi connectivity index (χ4v) is 3.09. The summed E-state index contributed by atoms with van der Waals surface area (Å²) in [5.74, 6) is 0.191. The van der Waals surface area contributed by atoms with Crippen LogP contribution in [0.1, 0.15) is 28.3 Å². The second-order valence-electron chi connectivity index (χ2n) is 3.43. The molecular weight excluding hydrogens is 226 g/mol. The summed E-state index contributed by atoms with van der Waals surface area (Å²) < 4.78 is 2.02. The van der Waals surface area contributed by atoms with Crippen molar-refractivity contribution < 1.29 is 9.36 Å². The molecule has 0 bridgehead atoms. The first-order chi connectivity index (χ1) is 7.20. The minimum atomic E-state index is -0.102. The van der Waals surface area contributed by atoms with E-state index in [1.807, 2.05) is 41.4 Å². The molecule has 0 saturated carbocycles. The number of aromatic nitrogens is 1. The number of hydrogen-bond donors (Lipinski definition) is 0. The number of thiophene rings is 1. The Morgan fingerprint density at radius 3 is 2.87 bits per heavy atom. The average Bonchev–Trinajstić information content (AvgIpc) is 2.85. The van der Waals surface area contributed by atoms with Crippen molar-refractivity contribution in [2.75, 3.05) is 0 Å². The summed E-state index contributed by atoms with van der Waals surface area (Å²) in [5, 5.41) is 3.99. The van der Waals surface area contributed by atoms with Gasteiger partial charge in [0.25, 0.3) is 0 Å². The van der Waals surface area contributed by atoms with Crippen molar-refractivity contribution in [1.82, 2.24) is 0 Å². The van der Waals surface area contributed by atoms with E-state index < -0.39 is 0 Å². The van der Waals surface area contributed by atoms with E-state index in [0.717, 1.165) is 10.6 Å². The van der Waals surface area contributed by atoms with Gasteiger partial charge in [0.15, 0.2) is 5.69 Å². The van der Waals surface area contributed by atoms with E-state index in [-0.39, 0.29) is 11.8 Å². The van der Waals surface area contributed by atoms with Crippen molar-refractivity contribution in [3.05, 3.63) is 39.0 Å². The van der Waals surface area contributed by atoms with Gasteiger partial charge in [-0.2, -0.15) is 4.57 Å².